The number of carbonyl (C=O) groups excluding carboxylic acids is 2. The second kappa shape index (κ2) is 7.64. The number of hydrogen-bond acceptors (Lipinski definition) is 3. The van der Waals surface area contributed by atoms with Crippen molar-refractivity contribution < 1.29 is 19.5 Å². The maximum absolute atomic E-state index is 11.8. The SMILES string of the molecule is CC(C)[C@H](NC(=O)CNC(=O)c1ccccc1Cl)C(=O)O. The van der Waals surface area contributed by atoms with Crippen molar-refractivity contribution in [3.63, 3.8) is 0 Å². The Balaban J connectivity index is 2.55. The lowest BCUT2D eigenvalue weighted by Gasteiger charge is -2.18. The van der Waals surface area contributed by atoms with Crippen LogP contribution in [0.25, 0.3) is 0 Å². The van der Waals surface area contributed by atoms with Gasteiger partial charge in [0.1, 0.15) is 6.04 Å². The molecule has 0 unspecified atom stereocenters. The minimum atomic E-state index is -1.12. The summed E-state index contributed by atoms with van der Waals surface area (Å²) in [5.74, 6) is -2.44. The number of halogens is 1. The van der Waals surface area contributed by atoms with Crippen LogP contribution in [0.2, 0.25) is 5.02 Å². The maximum atomic E-state index is 11.8. The second-order valence-electron chi connectivity index (χ2n) is 4.79. The molecule has 1 aromatic rings. The molecule has 114 valence electrons. The summed E-state index contributed by atoms with van der Waals surface area (Å²) < 4.78 is 0. The van der Waals surface area contributed by atoms with Gasteiger partial charge in [0.2, 0.25) is 5.91 Å². The molecule has 0 saturated heterocycles. The Morgan fingerprint density at radius 1 is 1.24 bits per heavy atom. The third-order valence-corrected chi connectivity index (χ3v) is 3.11. The van der Waals surface area contributed by atoms with Gasteiger partial charge in [-0.3, -0.25) is 9.59 Å². The first-order valence-electron chi connectivity index (χ1n) is 6.37. The zero-order valence-corrected chi connectivity index (χ0v) is 12.5. The molecule has 3 N–H and O–H groups in total. The Morgan fingerprint density at radius 3 is 2.38 bits per heavy atom. The molecule has 0 aliphatic heterocycles. The minimum absolute atomic E-state index is 0.255. The number of aliphatic carboxylic acids is 1. The molecule has 1 rings (SSSR count). The van der Waals surface area contributed by atoms with Crippen molar-refractivity contribution in [3.05, 3.63) is 34.9 Å². The maximum Gasteiger partial charge on any atom is 0.326 e. The lowest BCUT2D eigenvalue weighted by molar-refractivity contribution is -0.142. The first-order valence-corrected chi connectivity index (χ1v) is 6.75. The fourth-order valence-corrected chi connectivity index (χ4v) is 1.86. The lowest BCUT2D eigenvalue weighted by atomic mass is 10.1. The highest BCUT2D eigenvalue weighted by molar-refractivity contribution is 6.33. The number of amides is 2. The molecular weight excluding hydrogens is 296 g/mol. The number of carboxylic acids is 1. The number of benzene rings is 1. The molecule has 0 fully saturated rings. The molecule has 0 spiro atoms. The first-order chi connectivity index (χ1) is 9.82. The van der Waals surface area contributed by atoms with E-state index >= 15 is 0 Å². The van der Waals surface area contributed by atoms with E-state index in [-0.39, 0.29) is 23.0 Å². The van der Waals surface area contributed by atoms with Crippen LogP contribution in [0.15, 0.2) is 24.3 Å². The Morgan fingerprint density at radius 2 is 1.86 bits per heavy atom. The quantitative estimate of drug-likeness (QED) is 0.737. The molecule has 1 aromatic carbocycles. The molecule has 0 bridgehead atoms. The first kappa shape index (κ1) is 17.0. The Bertz CT molecular complexity index is 546. The highest BCUT2D eigenvalue weighted by Crippen LogP contribution is 2.14. The van der Waals surface area contributed by atoms with Crippen LogP contribution in [0, 0.1) is 5.92 Å². The summed E-state index contributed by atoms with van der Waals surface area (Å²) in [7, 11) is 0. The molecule has 0 saturated carbocycles. The molecule has 1 atom stereocenters. The van der Waals surface area contributed by atoms with Crippen LogP contribution in [0.5, 0.6) is 0 Å². The van der Waals surface area contributed by atoms with Gasteiger partial charge in [0, 0.05) is 0 Å². The van der Waals surface area contributed by atoms with Gasteiger partial charge in [0.15, 0.2) is 0 Å². The zero-order valence-electron chi connectivity index (χ0n) is 11.7. The number of nitrogens with one attached hydrogen (secondary N) is 2. The predicted octanol–water partition coefficient (Wildman–Crippen LogP) is 1.30. The van der Waals surface area contributed by atoms with E-state index in [0.717, 1.165) is 0 Å². The third-order valence-electron chi connectivity index (χ3n) is 2.78. The summed E-state index contributed by atoms with van der Waals surface area (Å²) >= 11 is 5.86. The van der Waals surface area contributed by atoms with Crippen molar-refractivity contribution in [3.8, 4) is 0 Å². The topological polar surface area (TPSA) is 95.5 Å². The van der Waals surface area contributed by atoms with Gasteiger partial charge in [0.25, 0.3) is 5.91 Å². The van der Waals surface area contributed by atoms with Gasteiger partial charge in [0.05, 0.1) is 17.1 Å². The molecular formula is C14H17ClN2O4. The Hall–Kier alpha value is -2.08. The van der Waals surface area contributed by atoms with E-state index in [9.17, 15) is 14.4 Å². The van der Waals surface area contributed by atoms with Gasteiger partial charge in [-0.05, 0) is 18.1 Å². The van der Waals surface area contributed by atoms with Gasteiger partial charge < -0.3 is 15.7 Å². The van der Waals surface area contributed by atoms with Crippen molar-refractivity contribution in [2.75, 3.05) is 6.54 Å². The Kier molecular flexibility index (Phi) is 6.17. The largest absolute Gasteiger partial charge is 0.480 e. The average Bonchev–Trinajstić information content (AvgIpc) is 2.42. The third kappa shape index (κ3) is 5.07. The van der Waals surface area contributed by atoms with Crippen molar-refractivity contribution in [2.24, 2.45) is 5.92 Å². The molecule has 0 aromatic heterocycles. The highest BCUT2D eigenvalue weighted by Gasteiger charge is 2.23. The van der Waals surface area contributed by atoms with Crippen LogP contribution in [-0.2, 0) is 9.59 Å². The van der Waals surface area contributed by atoms with Crippen molar-refractivity contribution >= 4 is 29.4 Å². The van der Waals surface area contributed by atoms with Crippen LogP contribution < -0.4 is 10.6 Å². The zero-order chi connectivity index (χ0) is 16.0. The fraction of sp³-hybridized carbons (Fsp3) is 0.357. The van der Waals surface area contributed by atoms with E-state index in [2.05, 4.69) is 10.6 Å². The number of hydrogen-bond donors (Lipinski definition) is 3. The van der Waals surface area contributed by atoms with Crippen molar-refractivity contribution in [1.29, 1.82) is 0 Å². The van der Waals surface area contributed by atoms with Crippen molar-refractivity contribution in [2.45, 2.75) is 19.9 Å². The van der Waals surface area contributed by atoms with E-state index in [1.165, 1.54) is 6.07 Å². The summed E-state index contributed by atoms with van der Waals surface area (Å²) in [4.78, 5) is 34.5. The normalized spacial score (nSPS) is 11.8. The van der Waals surface area contributed by atoms with Gasteiger partial charge >= 0.3 is 5.97 Å². The molecule has 6 nitrogen and oxygen atoms in total. The average molecular weight is 313 g/mol. The molecule has 0 aliphatic carbocycles. The smallest absolute Gasteiger partial charge is 0.326 e. The van der Waals surface area contributed by atoms with Gasteiger partial charge in [-0.1, -0.05) is 37.6 Å². The summed E-state index contributed by atoms with van der Waals surface area (Å²) in [5.41, 5.74) is 0.255. The molecule has 2 amide bonds. The van der Waals surface area contributed by atoms with Crippen LogP contribution in [0.4, 0.5) is 0 Å². The van der Waals surface area contributed by atoms with Gasteiger partial charge in [-0.2, -0.15) is 0 Å². The standard InChI is InChI=1S/C14H17ClN2O4/c1-8(2)12(14(20)21)17-11(18)7-16-13(19)9-5-3-4-6-10(9)15/h3-6,8,12H,7H2,1-2H3,(H,16,19)(H,17,18)(H,20,21)/t12-/m0/s1. The lowest BCUT2D eigenvalue weighted by Crippen LogP contribution is -2.48. The molecule has 21 heavy (non-hydrogen) atoms. The minimum Gasteiger partial charge on any atom is -0.480 e. The van der Waals surface area contributed by atoms with E-state index in [0.29, 0.717) is 0 Å². The van der Waals surface area contributed by atoms with Crippen LogP contribution in [0.1, 0.15) is 24.2 Å². The number of rotatable bonds is 6. The molecule has 0 radical (unpaired) electrons. The highest BCUT2D eigenvalue weighted by atomic mass is 35.5. The van der Waals surface area contributed by atoms with E-state index in [1.807, 2.05) is 0 Å². The molecule has 0 aliphatic rings. The summed E-state index contributed by atoms with van der Waals surface area (Å²) in [5, 5.41) is 14.0. The predicted molar refractivity (Wildman–Crippen MR) is 78.2 cm³/mol. The van der Waals surface area contributed by atoms with E-state index < -0.39 is 23.8 Å². The number of carboxylic acid groups (broad SMARTS) is 1. The van der Waals surface area contributed by atoms with Crippen molar-refractivity contribution in [1.82, 2.24) is 10.6 Å². The molecule has 0 heterocycles. The fourth-order valence-electron chi connectivity index (χ4n) is 1.64. The van der Waals surface area contributed by atoms with E-state index in [4.69, 9.17) is 16.7 Å². The Labute approximate surface area is 127 Å². The van der Waals surface area contributed by atoms with Gasteiger partial charge in [-0.15, -0.1) is 0 Å². The summed E-state index contributed by atoms with van der Waals surface area (Å²) in [6.45, 7) is 3.04. The van der Waals surface area contributed by atoms with Gasteiger partial charge in [-0.25, -0.2) is 4.79 Å². The summed E-state index contributed by atoms with van der Waals surface area (Å²) in [6.07, 6.45) is 0. The van der Waals surface area contributed by atoms with Crippen LogP contribution in [0.3, 0.4) is 0 Å². The van der Waals surface area contributed by atoms with E-state index in [1.54, 1.807) is 32.0 Å². The number of carbonyl (C=O) groups is 3. The molecule has 7 heteroatoms. The second-order valence-corrected chi connectivity index (χ2v) is 5.20. The monoisotopic (exact) mass is 312 g/mol. The van der Waals surface area contributed by atoms with Crippen LogP contribution in [-0.4, -0.2) is 35.5 Å². The summed E-state index contributed by atoms with van der Waals surface area (Å²) in [6, 6.07) is 5.45. The van der Waals surface area contributed by atoms with Crippen LogP contribution >= 0.6 is 11.6 Å².